The van der Waals surface area contributed by atoms with E-state index in [1.165, 1.54) is 0 Å². The van der Waals surface area contributed by atoms with Crippen LogP contribution in [-0.4, -0.2) is 24.1 Å². The molecule has 0 N–H and O–H groups in total. The maximum atomic E-state index is 11.8. The lowest BCUT2D eigenvalue weighted by molar-refractivity contribution is -0.141. The average molecular weight is 260 g/mol. The summed E-state index contributed by atoms with van der Waals surface area (Å²) in [5.74, 6) is -0.905. The summed E-state index contributed by atoms with van der Waals surface area (Å²) < 4.78 is 10.7. The van der Waals surface area contributed by atoms with E-state index >= 15 is 0 Å². The smallest absolute Gasteiger partial charge is 0.334 e. The molecule has 4 nitrogen and oxygen atoms in total. The Hall–Kier alpha value is -1.84. The van der Waals surface area contributed by atoms with Crippen LogP contribution in [0.15, 0.2) is 35.5 Å². The number of rotatable bonds is 0. The maximum absolute atomic E-state index is 11.8. The Morgan fingerprint density at radius 3 is 2.84 bits per heavy atom. The van der Waals surface area contributed by atoms with Gasteiger partial charge in [0.15, 0.2) is 0 Å². The zero-order valence-corrected chi connectivity index (χ0v) is 10.8. The first kappa shape index (κ1) is 12.2. The van der Waals surface area contributed by atoms with Gasteiger partial charge in [-0.1, -0.05) is 18.2 Å². The molecule has 2 fully saturated rings. The lowest BCUT2D eigenvalue weighted by Crippen LogP contribution is -2.28. The van der Waals surface area contributed by atoms with Crippen molar-refractivity contribution in [1.29, 1.82) is 0 Å². The van der Waals surface area contributed by atoms with Gasteiger partial charge in [0.1, 0.15) is 12.2 Å². The third-order valence-electron chi connectivity index (χ3n) is 3.98. The lowest BCUT2D eigenvalue weighted by atomic mass is 9.87. The van der Waals surface area contributed by atoms with Crippen molar-refractivity contribution in [1.82, 2.24) is 0 Å². The minimum absolute atomic E-state index is 0.254. The summed E-state index contributed by atoms with van der Waals surface area (Å²) in [5.41, 5.74) is 2.28. The Balaban J connectivity index is 2.00. The van der Waals surface area contributed by atoms with Crippen molar-refractivity contribution < 1.29 is 19.1 Å². The van der Waals surface area contributed by atoms with E-state index in [1.54, 1.807) is 0 Å². The number of esters is 2. The SMILES string of the molecule is C=C1C(=O)OC2/C=C(\C)CC/C=C3\CC(OC3=O)C12. The van der Waals surface area contributed by atoms with Crippen LogP contribution < -0.4 is 0 Å². The standard InChI is InChI=1S/C15H16O4/c1-8-4-3-5-10-7-12(19-15(10)17)13-9(2)14(16)18-11(13)6-8/h5-6,11-13H,2-4,7H2,1H3/b8-6+,10-5+. The fraction of sp³-hybridized carbons (Fsp3) is 0.467. The molecule has 0 amide bonds. The summed E-state index contributed by atoms with van der Waals surface area (Å²) in [4.78, 5) is 23.5. The molecule has 100 valence electrons. The molecule has 0 saturated carbocycles. The Kier molecular flexibility index (Phi) is 2.81. The van der Waals surface area contributed by atoms with Crippen molar-refractivity contribution in [2.24, 2.45) is 5.92 Å². The number of carbonyl (C=O) groups excluding carboxylic acids is 2. The zero-order valence-electron chi connectivity index (χ0n) is 10.8. The summed E-state index contributed by atoms with van der Waals surface area (Å²) in [5, 5.41) is 0. The fourth-order valence-corrected chi connectivity index (χ4v) is 2.94. The predicted octanol–water partition coefficient (Wildman–Crippen LogP) is 2.07. The molecule has 0 radical (unpaired) electrons. The fourth-order valence-electron chi connectivity index (χ4n) is 2.94. The van der Waals surface area contributed by atoms with Gasteiger partial charge in [-0.05, 0) is 25.8 Å². The second-order valence-electron chi connectivity index (χ2n) is 5.35. The van der Waals surface area contributed by atoms with Crippen molar-refractivity contribution in [3.8, 4) is 0 Å². The third-order valence-corrected chi connectivity index (χ3v) is 3.98. The molecule has 3 atom stereocenters. The lowest BCUT2D eigenvalue weighted by Gasteiger charge is -2.21. The molecule has 2 bridgehead atoms. The van der Waals surface area contributed by atoms with Crippen LogP contribution in [0, 0.1) is 5.92 Å². The van der Waals surface area contributed by atoms with Crippen LogP contribution in [0.2, 0.25) is 0 Å². The number of ether oxygens (including phenoxy) is 2. The molecular formula is C15H16O4. The molecule has 3 rings (SSSR count). The Morgan fingerprint density at radius 2 is 2.05 bits per heavy atom. The Labute approximate surface area is 111 Å². The van der Waals surface area contributed by atoms with E-state index in [2.05, 4.69) is 6.58 Å². The Bertz CT molecular complexity index is 526. The minimum atomic E-state index is -0.383. The Morgan fingerprint density at radius 1 is 1.26 bits per heavy atom. The van der Waals surface area contributed by atoms with Gasteiger partial charge in [-0.15, -0.1) is 0 Å². The first-order valence-electron chi connectivity index (χ1n) is 6.53. The first-order valence-corrected chi connectivity index (χ1v) is 6.53. The largest absolute Gasteiger partial charge is 0.458 e. The highest BCUT2D eigenvalue weighted by Crippen LogP contribution is 2.39. The second-order valence-corrected chi connectivity index (χ2v) is 5.35. The molecule has 3 unspecified atom stereocenters. The van der Waals surface area contributed by atoms with Crippen LogP contribution in [0.1, 0.15) is 26.2 Å². The molecule has 4 heteroatoms. The quantitative estimate of drug-likeness (QED) is 0.380. The van der Waals surface area contributed by atoms with Gasteiger partial charge in [0.25, 0.3) is 0 Å². The van der Waals surface area contributed by atoms with E-state index in [-0.39, 0.29) is 30.1 Å². The van der Waals surface area contributed by atoms with E-state index in [0.717, 1.165) is 18.4 Å². The number of carbonyl (C=O) groups is 2. The van der Waals surface area contributed by atoms with Crippen LogP contribution in [0.5, 0.6) is 0 Å². The van der Waals surface area contributed by atoms with E-state index in [4.69, 9.17) is 9.47 Å². The van der Waals surface area contributed by atoms with Crippen LogP contribution in [0.4, 0.5) is 0 Å². The summed E-state index contributed by atoms with van der Waals surface area (Å²) in [6.45, 7) is 5.81. The van der Waals surface area contributed by atoms with Crippen molar-refractivity contribution in [3.05, 3.63) is 35.5 Å². The van der Waals surface area contributed by atoms with Gasteiger partial charge >= 0.3 is 11.9 Å². The van der Waals surface area contributed by atoms with Crippen molar-refractivity contribution in [2.45, 2.75) is 38.4 Å². The number of allylic oxidation sites excluding steroid dienone is 2. The number of hydrogen-bond acceptors (Lipinski definition) is 4. The molecular weight excluding hydrogens is 244 g/mol. The molecule has 1 aliphatic carbocycles. The van der Waals surface area contributed by atoms with Gasteiger partial charge in [0.2, 0.25) is 0 Å². The number of fused-ring (bicyclic) bond motifs is 4. The van der Waals surface area contributed by atoms with Crippen LogP contribution >= 0.6 is 0 Å². The molecule has 0 aromatic carbocycles. The van der Waals surface area contributed by atoms with Crippen molar-refractivity contribution in [3.63, 3.8) is 0 Å². The van der Waals surface area contributed by atoms with Crippen molar-refractivity contribution >= 4 is 11.9 Å². The summed E-state index contributed by atoms with van der Waals surface area (Å²) >= 11 is 0. The molecule has 0 spiro atoms. The molecule has 0 aromatic heterocycles. The van der Waals surface area contributed by atoms with Gasteiger partial charge in [-0.25, -0.2) is 9.59 Å². The van der Waals surface area contributed by atoms with Crippen LogP contribution in [0.25, 0.3) is 0 Å². The summed E-state index contributed by atoms with van der Waals surface area (Å²) in [6, 6.07) is 0. The monoisotopic (exact) mass is 260 g/mol. The van der Waals surface area contributed by atoms with E-state index < -0.39 is 0 Å². The summed E-state index contributed by atoms with van der Waals surface area (Å²) in [7, 11) is 0. The second kappa shape index (κ2) is 4.37. The first-order chi connectivity index (χ1) is 9.06. The van der Waals surface area contributed by atoms with Crippen LogP contribution in [0.3, 0.4) is 0 Å². The van der Waals surface area contributed by atoms with Gasteiger partial charge in [-0.3, -0.25) is 0 Å². The van der Waals surface area contributed by atoms with Gasteiger partial charge in [0, 0.05) is 17.6 Å². The highest BCUT2D eigenvalue weighted by molar-refractivity contribution is 5.93. The minimum Gasteiger partial charge on any atom is -0.458 e. The average Bonchev–Trinajstić information content (AvgIpc) is 2.81. The molecule has 0 aromatic rings. The van der Waals surface area contributed by atoms with Gasteiger partial charge < -0.3 is 9.47 Å². The van der Waals surface area contributed by atoms with E-state index in [0.29, 0.717) is 17.6 Å². The highest BCUT2D eigenvalue weighted by atomic mass is 16.6. The summed E-state index contributed by atoms with van der Waals surface area (Å²) in [6.07, 6.45) is 5.44. The van der Waals surface area contributed by atoms with Crippen molar-refractivity contribution in [2.75, 3.05) is 0 Å². The third kappa shape index (κ3) is 2.01. The topological polar surface area (TPSA) is 52.6 Å². The predicted molar refractivity (Wildman–Crippen MR) is 68.1 cm³/mol. The molecule has 2 heterocycles. The van der Waals surface area contributed by atoms with Gasteiger partial charge in [0.05, 0.1) is 5.92 Å². The van der Waals surface area contributed by atoms with Crippen LogP contribution in [-0.2, 0) is 19.1 Å². The normalized spacial score (nSPS) is 39.6. The zero-order chi connectivity index (χ0) is 13.6. The molecule has 19 heavy (non-hydrogen) atoms. The molecule has 3 aliphatic rings. The maximum Gasteiger partial charge on any atom is 0.334 e. The molecule has 2 aliphatic heterocycles. The highest BCUT2D eigenvalue weighted by Gasteiger charge is 2.47. The number of hydrogen-bond donors (Lipinski definition) is 0. The van der Waals surface area contributed by atoms with E-state index in [1.807, 2.05) is 19.1 Å². The van der Waals surface area contributed by atoms with E-state index in [9.17, 15) is 9.59 Å². The van der Waals surface area contributed by atoms with Gasteiger partial charge in [-0.2, -0.15) is 0 Å². The molecule has 2 saturated heterocycles.